The summed E-state index contributed by atoms with van der Waals surface area (Å²) in [7, 11) is 1.48. The molecule has 0 bridgehead atoms. The summed E-state index contributed by atoms with van der Waals surface area (Å²) in [5.74, 6) is -1.25. The van der Waals surface area contributed by atoms with Crippen molar-refractivity contribution in [2.45, 2.75) is 0 Å². The van der Waals surface area contributed by atoms with E-state index in [-0.39, 0.29) is 12.3 Å². The van der Waals surface area contributed by atoms with Crippen LogP contribution < -0.4 is 15.4 Å². The van der Waals surface area contributed by atoms with E-state index in [1.54, 1.807) is 30.3 Å². The second-order valence-corrected chi connectivity index (χ2v) is 4.57. The lowest BCUT2D eigenvalue weighted by Gasteiger charge is -2.10. The molecule has 2 amide bonds. The van der Waals surface area contributed by atoms with E-state index in [0.717, 1.165) is 0 Å². The van der Waals surface area contributed by atoms with Gasteiger partial charge in [0.25, 0.3) is 11.8 Å². The van der Waals surface area contributed by atoms with Crippen LogP contribution >= 0.6 is 0 Å². The van der Waals surface area contributed by atoms with E-state index in [1.807, 2.05) is 0 Å². The fraction of sp³-hybridized carbons (Fsp3) is 0.188. The van der Waals surface area contributed by atoms with Crippen molar-refractivity contribution in [1.29, 1.82) is 0 Å². The monoisotopic (exact) mass is 332 g/mol. The Kier molecular flexibility index (Phi) is 5.95. The maximum atomic E-state index is 11.8. The maximum absolute atomic E-state index is 11.8. The molecule has 0 radical (unpaired) electrons. The first-order valence-corrected chi connectivity index (χ1v) is 7.00. The number of ether oxygens (including phenoxy) is 2. The van der Waals surface area contributed by atoms with E-state index in [9.17, 15) is 14.4 Å². The van der Waals surface area contributed by atoms with Crippen LogP contribution in [0.3, 0.4) is 0 Å². The quantitative estimate of drug-likeness (QED) is 0.738. The highest BCUT2D eigenvalue weighted by atomic mass is 16.5. The molecule has 0 saturated heterocycles. The number of carbonyl (C=O) groups is 3. The van der Waals surface area contributed by atoms with Crippen LogP contribution in [0.25, 0.3) is 0 Å². The average molecular weight is 332 g/mol. The van der Waals surface area contributed by atoms with Crippen LogP contribution in [0.4, 0.5) is 5.69 Å². The number of nitrogens with one attached hydrogen (secondary N) is 2. The van der Waals surface area contributed by atoms with Crippen molar-refractivity contribution in [2.24, 2.45) is 0 Å². The van der Waals surface area contributed by atoms with Crippen molar-refractivity contribution in [3.8, 4) is 5.75 Å². The van der Waals surface area contributed by atoms with Gasteiger partial charge in [-0.1, -0.05) is 12.1 Å². The van der Waals surface area contributed by atoms with Crippen molar-refractivity contribution >= 4 is 23.5 Å². The average Bonchev–Trinajstić information content (AvgIpc) is 3.13. The van der Waals surface area contributed by atoms with E-state index < -0.39 is 24.4 Å². The van der Waals surface area contributed by atoms with Crippen molar-refractivity contribution in [1.82, 2.24) is 5.32 Å². The van der Waals surface area contributed by atoms with Crippen molar-refractivity contribution < 1.29 is 28.3 Å². The lowest BCUT2D eigenvalue weighted by Crippen LogP contribution is -2.32. The van der Waals surface area contributed by atoms with Crippen molar-refractivity contribution in [3.63, 3.8) is 0 Å². The molecule has 2 rings (SSSR count). The van der Waals surface area contributed by atoms with Gasteiger partial charge in [0.2, 0.25) is 0 Å². The third-order valence-electron chi connectivity index (χ3n) is 2.88. The van der Waals surface area contributed by atoms with E-state index in [1.165, 1.54) is 19.4 Å². The molecular weight excluding hydrogens is 316 g/mol. The number of esters is 1. The SMILES string of the molecule is COc1ccccc1NC(=O)COC(=O)CNC(=O)c1ccco1. The molecule has 1 aromatic heterocycles. The molecule has 2 aromatic rings. The molecule has 2 N–H and O–H groups in total. The first kappa shape index (κ1) is 17.1. The molecule has 1 aromatic carbocycles. The number of methoxy groups -OCH3 is 1. The van der Waals surface area contributed by atoms with Crippen molar-refractivity contribution in [2.75, 3.05) is 25.6 Å². The van der Waals surface area contributed by atoms with Gasteiger partial charge in [0, 0.05) is 0 Å². The Morgan fingerprint density at radius 3 is 2.62 bits per heavy atom. The minimum Gasteiger partial charge on any atom is -0.495 e. The maximum Gasteiger partial charge on any atom is 0.325 e. The van der Waals surface area contributed by atoms with Gasteiger partial charge >= 0.3 is 5.97 Å². The molecule has 0 unspecified atom stereocenters. The molecule has 1 heterocycles. The Hall–Kier alpha value is -3.29. The first-order valence-electron chi connectivity index (χ1n) is 7.00. The summed E-state index contributed by atoms with van der Waals surface area (Å²) in [6.07, 6.45) is 1.34. The summed E-state index contributed by atoms with van der Waals surface area (Å²) in [6, 6.07) is 9.84. The molecule has 24 heavy (non-hydrogen) atoms. The first-order chi connectivity index (χ1) is 11.6. The third-order valence-corrected chi connectivity index (χ3v) is 2.88. The number of carbonyl (C=O) groups excluding carboxylic acids is 3. The van der Waals surface area contributed by atoms with Gasteiger partial charge in [-0.2, -0.15) is 0 Å². The normalized spacial score (nSPS) is 9.88. The molecular formula is C16H16N2O6. The number of hydrogen-bond acceptors (Lipinski definition) is 6. The largest absolute Gasteiger partial charge is 0.495 e. The third kappa shape index (κ3) is 4.87. The topological polar surface area (TPSA) is 107 Å². The number of para-hydroxylation sites is 2. The number of amides is 2. The molecule has 126 valence electrons. The van der Waals surface area contributed by atoms with Gasteiger partial charge < -0.3 is 24.5 Å². The van der Waals surface area contributed by atoms with E-state index >= 15 is 0 Å². The van der Waals surface area contributed by atoms with Crippen LogP contribution in [0.15, 0.2) is 47.1 Å². The Bertz CT molecular complexity index is 711. The van der Waals surface area contributed by atoms with Crippen LogP contribution in [0, 0.1) is 0 Å². The zero-order valence-electron chi connectivity index (χ0n) is 12.9. The van der Waals surface area contributed by atoms with Gasteiger partial charge in [0.15, 0.2) is 12.4 Å². The summed E-state index contributed by atoms with van der Waals surface area (Å²) in [5.41, 5.74) is 0.465. The Morgan fingerprint density at radius 1 is 1.12 bits per heavy atom. The van der Waals surface area contributed by atoms with Crippen LogP contribution in [0.1, 0.15) is 10.6 Å². The molecule has 0 aliphatic carbocycles. The molecule has 8 heteroatoms. The summed E-state index contributed by atoms with van der Waals surface area (Å²) in [6.45, 7) is -0.852. The summed E-state index contributed by atoms with van der Waals surface area (Å²) < 4.78 is 14.7. The molecule has 0 fully saturated rings. The highest BCUT2D eigenvalue weighted by molar-refractivity contribution is 5.95. The molecule has 0 atom stereocenters. The van der Waals surface area contributed by atoms with E-state index in [4.69, 9.17) is 13.9 Å². The standard InChI is InChI=1S/C16H16N2O6/c1-22-12-6-3-2-5-11(12)18-14(19)10-24-15(20)9-17-16(21)13-7-4-8-23-13/h2-8H,9-10H2,1H3,(H,17,21)(H,18,19). The zero-order valence-corrected chi connectivity index (χ0v) is 12.9. The van der Waals surface area contributed by atoms with Crippen LogP contribution in [-0.4, -0.2) is 38.0 Å². The minimum absolute atomic E-state index is 0.0803. The van der Waals surface area contributed by atoms with Gasteiger partial charge in [0.05, 0.1) is 19.1 Å². The smallest absolute Gasteiger partial charge is 0.325 e. The van der Waals surface area contributed by atoms with E-state index in [0.29, 0.717) is 11.4 Å². The number of rotatable bonds is 7. The molecule has 0 aliphatic heterocycles. The predicted molar refractivity (Wildman–Crippen MR) is 83.6 cm³/mol. The van der Waals surface area contributed by atoms with Crippen LogP contribution in [-0.2, 0) is 14.3 Å². The molecule has 0 saturated carbocycles. The lowest BCUT2D eigenvalue weighted by molar-refractivity contribution is -0.146. The zero-order chi connectivity index (χ0) is 17.4. The minimum atomic E-state index is -0.745. The fourth-order valence-corrected chi connectivity index (χ4v) is 1.78. The van der Waals surface area contributed by atoms with Crippen LogP contribution in [0.2, 0.25) is 0 Å². The second kappa shape index (κ2) is 8.37. The Balaban J connectivity index is 1.73. The fourth-order valence-electron chi connectivity index (χ4n) is 1.78. The van der Waals surface area contributed by atoms with Gasteiger partial charge in [-0.3, -0.25) is 14.4 Å². The van der Waals surface area contributed by atoms with Gasteiger partial charge in [-0.15, -0.1) is 0 Å². The van der Waals surface area contributed by atoms with Gasteiger partial charge in [0.1, 0.15) is 12.3 Å². The Labute approximate surface area is 137 Å². The molecule has 0 aliphatic rings. The molecule has 8 nitrogen and oxygen atoms in total. The van der Waals surface area contributed by atoms with Gasteiger partial charge in [-0.25, -0.2) is 0 Å². The van der Waals surface area contributed by atoms with Gasteiger partial charge in [-0.05, 0) is 24.3 Å². The highest BCUT2D eigenvalue weighted by Crippen LogP contribution is 2.22. The summed E-state index contributed by atoms with van der Waals surface area (Å²) in [4.78, 5) is 34.8. The second-order valence-electron chi connectivity index (χ2n) is 4.57. The van der Waals surface area contributed by atoms with Crippen molar-refractivity contribution in [3.05, 3.63) is 48.4 Å². The Morgan fingerprint density at radius 2 is 1.92 bits per heavy atom. The number of anilines is 1. The number of benzene rings is 1. The summed E-state index contributed by atoms with van der Waals surface area (Å²) >= 11 is 0. The number of furan rings is 1. The summed E-state index contributed by atoms with van der Waals surface area (Å²) in [5, 5.41) is 4.88. The van der Waals surface area contributed by atoms with E-state index in [2.05, 4.69) is 10.6 Å². The lowest BCUT2D eigenvalue weighted by atomic mass is 10.3. The molecule has 0 spiro atoms. The van der Waals surface area contributed by atoms with Crippen LogP contribution in [0.5, 0.6) is 5.75 Å². The number of hydrogen-bond donors (Lipinski definition) is 2. The highest BCUT2D eigenvalue weighted by Gasteiger charge is 2.13. The predicted octanol–water partition coefficient (Wildman–Crippen LogP) is 1.20.